The lowest BCUT2D eigenvalue weighted by Gasteiger charge is -2.23. The minimum Gasteiger partial charge on any atom is -0.344 e. The van der Waals surface area contributed by atoms with Crippen LogP contribution in [-0.4, -0.2) is 39.1 Å². The smallest absolute Gasteiger partial charge is 0.245 e. The van der Waals surface area contributed by atoms with Crippen LogP contribution in [0.5, 0.6) is 0 Å². The molecule has 1 aromatic heterocycles. The minimum atomic E-state index is -0.385. The molecule has 0 radical (unpaired) electrons. The highest BCUT2D eigenvalue weighted by atomic mass is 16.2. The average Bonchev–Trinajstić information content (AvgIpc) is 2.73. The summed E-state index contributed by atoms with van der Waals surface area (Å²) in [6, 6.07) is 1.51. The third-order valence-corrected chi connectivity index (χ3v) is 3.25. The van der Waals surface area contributed by atoms with Crippen molar-refractivity contribution in [1.29, 1.82) is 0 Å². The number of aromatic nitrogens is 2. The van der Waals surface area contributed by atoms with Crippen LogP contribution in [0.25, 0.3) is 0 Å². The Morgan fingerprint density at radius 2 is 2.26 bits per heavy atom. The maximum absolute atomic E-state index is 12.4. The van der Waals surface area contributed by atoms with E-state index < -0.39 is 0 Å². The van der Waals surface area contributed by atoms with E-state index in [9.17, 15) is 9.59 Å². The fourth-order valence-electron chi connectivity index (χ4n) is 2.28. The zero-order valence-corrected chi connectivity index (χ0v) is 11.4. The molecule has 1 saturated heterocycles. The Morgan fingerprint density at radius 3 is 2.89 bits per heavy atom. The molecule has 19 heavy (non-hydrogen) atoms. The molecular formula is C13H20N4O2. The molecule has 6 heteroatoms. The molecule has 1 aliphatic rings. The van der Waals surface area contributed by atoms with E-state index in [-0.39, 0.29) is 17.9 Å². The van der Waals surface area contributed by atoms with Crippen LogP contribution in [0.4, 0.5) is 0 Å². The van der Waals surface area contributed by atoms with E-state index in [1.165, 1.54) is 0 Å². The summed E-state index contributed by atoms with van der Waals surface area (Å²) in [5.41, 5.74) is 0.848. The predicted molar refractivity (Wildman–Crippen MR) is 70.1 cm³/mol. The van der Waals surface area contributed by atoms with Gasteiger partial charge in [-0.1, -0.05) is 13.3 Å². The monoisotopic (exact) mass is 264 g/mol. The largest absolute Gasteiger partial charge is 0.344 e. The van der Waals surface area contributed by atoms with Crippen molar-refractivity contribution in [2.75, 3.05) is 6.54 Å². The lowest BCUT2D eigenvalue weighted by atomic mass is 10.1. The predicted octanol–water partition coefficient (Wildman–Crippen LogP) is 0.437. The number of hydrogen-bond donors (Lipinski definition) is 1. The van der Waals surface area contributed by atoms with Crippen LogP contribution in [0.15, 0.2) is 12.3 Å². The molecule has 1 aromatic rings. The Kier molecular flexibility index (Phi) is 4.19. The molecule has 1 unspecified atom stereocenters. The third kappa shape index (κ3) is 3.33. The van der Waals surface area contributed by atoms with E-state index in [1.807, 2.05) is 26.2 Å². The SMILES string of the molecule is CCCC1NC(=O)CCN(Cc2ccn(C)n2)C1=O. The van der Waals surface area contributed by atoms with Gasteiger partial charge in [0, 0.05) is 26.2 Å². The van der Waals surface area contributed by atoms with Crippen molar-refractivity contribution in [3.63, 3.8) is 0 Å². The average molecular weight is 264 g/mol. The Hall–Kier alpha value is -1.85. The first-order chi connectivity index (χ1) is 9.10. The zero-order valence-electron chi connectivity index (χ0n) is 11.4. The maximum atomic E-state index is 12.4. The van der Waals surface area contributed by atoms with Crippen molar-refractivity contribution in [2.45, 2.75) is 38.8 Å². The molecule has 2 rings (SSSR count). The molecule has 1 N–H and O–H groups in total. The number of carbonyl (C=O) groups is 2. The van der Waals surface area contributed by atoms with Gasteiger partial charge in [-0.3, -0.25) is 14.3 Å². The van der Waals surface area contributed by atoms with Crippen molar-refractivity contribution < 1.29 is 9.59 Å². The summed E-state index contributed by atoms with van der Waals surface area (Å²) in [5, 5.41) is 7.07. The zero-order chi connectivity index (χ0) is 13.8. The van der Waals surface area contributed by atoms with Gasteiger partial charge in [0.2, 0.25) is 11.8 Å². The molecular weight excluding hydrogens is 244 g/mol. The van der Waals surface area contributed by atoms with Crippen molar-refractivity contribution in [3.05, 3.63) is 18.0 Å². The van der Waals surface area contributed by atoms with Gasteiger partial charge < -0.3 is 10.2 Å². The van der Waals surface area contributed by atoms with Crippen LogP contribution in [0, 0.1) is 0 Å². The highest BCUT2D eigenvalue weighted by Gasteiger charge is 2.29. The fraction of sp³-hybridized carbons (Fsp3) is 0.615. The fourth-order valence-corrected chi connectivity index (χ4v) is 2.28. The van der Waals surface area contributed by atoms with Crippen LogP contribution in [0.2, 0.25) is 0 Å². The second-order valence-corrected chi connectivity index (χ2v) is 4.90. The lowest BCUT2D eigenvalue weighted by molar-refractivity contribution is -0.134. The number of hydrogen-bond acceptors (Lipinski definition) is 3. The van der Waals surface area contributed by atoms with Gasteiger partial charge in [0.05, 0.1) is 12.2 Å². The summed E-state index contributed by atoms with van der Waals surface area (Å²) in [7, 11) is 1.85. The lowest BCUT2D eigenvalue weighted by Crippen LogP contribution is -2.44. The third-order valence-electron chi connectivity index (χ3n) is 3.25. The Bertz CT molecular complexity index is 469. The van der Waals surface area contributed by atoms with Crippen molar-refractivity contribution >= 4 is 11.8 Å². The minimum absolute atomic E-state index is 0.00152. The number of nitrogens with zero attached hydrogens (tertiary/aromatic N) is 3. The van der Waals surface area contributed by atoms with Gasteiger partial charge >= 0.3 is 0 Å². The van der Waals surface area contributed by atoms with E-state index in [1.54, 1.807) is 9.58 Å². The van der Waals surface area contributed by atoms with E-state index in [0.29, 0.717) is 25.9 Å². The standard InChI is InChI=1S/C13H20N4O2/c1-3-4-11-13(19)17(8-6-12(18)14-11)9-10-5-7-16(2)15-10/h5,7,11H,3-4,6,8-9H2,1-2H3,(H,14,18). The first kappa shape index (κ1) is 13.6. The molecule has 6 nitrogen and oxygen atoms in total. The summed E-state index contributed by atoms with van der Waals surface area (Å²) in [6.45, 7) is 2.93. The quantitative estimate of drug-likeness (QED) is 0.858. The molecule has 0 bridgehead atoms. The molecule has 1 atom stereocenters. The summed E-state index contributed by atoms with van der Waals surface area (Å²) >= 11 is 0. The van der Waals surface area contributed by atoms with Gasteiger partial charge in [-0.05, 0) is 12.5 Å². The maximum Gasteiger partial charge on any atom is 0.245 e. The van der Waals surface area contributed by atoms with Crippen molar-refractivity contribution in [2.24, 2.45) is 7.05 Å². The summed E-state index contributed by atoms with van der Waals surface area (Å²) < 4.78 is 1.71. The van der Waals surface area contributed by atoms with Crippen molar-refractivity contribution in [3.8, 4) is 0 Å². The van der Waals surface area contributed by atoms with Crippen LogP contribution < -0.4 is 5.32 Å². The van der Waals surface area contributed by atoms with Gasteiger partial charge in [0.25, 0.3) is 0 Å². The number of carbonyl (C=O) groups excluding carboxylic acids is 2. The summed E-state index contributed by atoms with van der Waals surface area (Å²) in [4.78, 5) is 25.7. The van der Waals surface area contributed by atoms with Gasteiger partial charge in [0.15, 0.2) is 0 Å². The van der Waals surface area contributed by atoms with Gasteiger partial charge in [-0.2, -0.15) is 5.10 Å². The van der Waals surface area contributed by atoms with E-state index in [2.05, 4.69) is 10.4 Å². The van der Waals surface area contributed by atoms with Crippen LogP contribution in [0.3, 0.4) is 0 Å². The topological polar surface area (TPSA) is 67.2 Å². The summed E-state index contributed by atoms with van der Waals surface area (Å²) in [5.74, 6) is -0.0475. The Balaban J connectivity index is 2.09. The van der Waals surface area contributed by atoms with Crippen LogP contribution in [-0.2, 0) is 23.2 Å². The molecule has 2 heterocycles. The molecule has 0 spiro atoms. The Morgan fingerprint density at radius 1 is 1.47 bits per heavy atom. The number of amides is 2. The first-order valence-electron chi connectivity index (χ1n) is 6.67. The molecule has 1 fully saturated rings. The van der Waals surface area contributed by atoms with E-state index in [4.69, 9.17) is 0 Å². The molecule has 1 aliphatic heterocycles. The highest BCUT2D eigenvalue weighted by Crippen LogP contribution is 2.11. The van der Waals surface area contributed by atoms with E-state index >= 15 is 0 Å². The molecule has 0 aromatic carbocycles. The molecule has 104 valence electrons. The van der Waals surface area contributed by atoms with Gasteiger partial charge in [0.1, 0.15) is 6.04 Å². The first-order valence-corrected chi connectivity index (χ1v) is 6.67. The number of nitrogens with one attached hydrogen (secondary N) is 1. The summed E-state index contributed by atoms with van der Waals surface area (Å²) in [6.07, 6.45) is 3.76. The number of aryl methyl sites for hydroxylation is 1. The molecule has 2 amide bonds. The van der Waals surface area contributed by atoms with Crippen LogP contribution in [0.1, 0.15) is 31.9 Å². The van der Waals surface area contributed by atoms with Gasteiger partial charge in [-0.15, -0.1) is 0 Å². The van der Waals surface area contributed by atoms with Gasteiger partial charge in [-0.25, -0.2) is 0 Å². The number of rotatable bonds is 4. The Labute approximate surface area is 112 Å². The normalized spacial score (nSPS) is 20.3. The molecule has 0 aliphatic carbocycles. The molecule has 0 saturated carbocycles. The van der Waals surface area contributed by atoms with E-state index in [0.717, 1.165) is 12.1 Å². The second kappa shape index (κ2) is 5.86. The second-order valence-electron chi connectivity index (χ2n) is 4.90. The van der Waals surface area contributed by atoms with Crippen LogP contribution >= 0.6 is 0 Å². The van der Waals surface area contributed by atoms with Crippen molar-refractivity contribution in [1.82, 2.24) is 20.0 Å². The highest BCUT2D eigenvalue weighted by molar-refractivity contribution is 5.89.